The number of tetrazole rings is 1. The van der Waals surface area contributed by atoms with Crippen molar-refractivity contribution >= 4 is 15.7 Å². The van der Waals surface area contributed by atoms with Gasteiger partial charge in [-0.25, -0.2) is 17.5 Å². The normalized spacial score (nSPS) is 14.4. The van der Waals surface area contributed by atoms with Crippen LogP contribution in [0.25, 0.3) is 11.4 Å². The lowest BCUT2D eigenvalue weighted by Gasteiger charge is -2.11. The number of sulfonamides is 1. The van der Waals surface area contributed by atoms with Crippen LogP contribution in [0.4, 0.5) is 10.1 Å². The van der Waals surface area contributed by atoms with E-state index < -0.39 is 15.8 Å². The summed E-state index contributed by atoms with van der Waals surface area (Å²) in [6.07, 6.45) is 2.05. The van der Waals surface area contributed by atoms with Crippen LogP contribution in [0.15, 0.2) is 47.4 Å². The number of anilines is 1. The molecule has 9 heteroatoms. The molecule has 1 heterocycles. The third-order valence-corrected chi connectivity index (χ3v) is 5.53. The van der Waals surface area contributed by atoms with Crippen LogP contribution in [0.5, 0.6) is 0 Å². The summed E-state index contributed by atoms with van der Waals surface area (Å²) in [7, 11) is -4.05. The fraction of sp³-hybridized carbons (Fsp3) is 0.235. The number of nitrogens with one attached hydrogen (secondary N) is 1. The molecule has 0 aliphatic heterocycles. The highest BCUT2D eigenvalue weighted by atomic mass is 32.2. The molecule has 26 heavy (non-hydrogen) atoms. The first-order valence-electron chi connectivity index (χ1n) is 8.11. The van der Waals surface area contributed by atoms with Gasteiger partial charge < -0.3 is 0 Å². The van der Waals surface area contributed by atoms with Gasteiger partial charge in [0.25, 0.3) is 10.0 Å². The van der Waals surface area contributed by atoms with Crippen LogP contribution >= 0.6 is 0 Å². The molecular formula is C17H16FN5O2S. The van der Waals surface area contributed by atoms with Gasteiger partial charge in [-0.15, -0.1) is 5.10 Å². The van der Waals surface area contributed by atoms with Crippen molar-refractivity contribution in [3.63, 3.8) is 0 Å². The number of hydrogen-bond acceptors (Lipinski definition) is 5. The minimum Gasteiger partial charge on any atom is -0.280 e. The summed E-state index contributed by atoms with van der Waals surface area (Å²) in [6.45, 7) is 1.71. The van der Waals surface area contributed by atoms with E-state index in [-0.39, 0.29) is 4.90 Å². The van der Waals surface area contributed by atoms with Gasteiger partial charge in [-0.05, 0) is 60.0 Å². The Hall–Kier alpha value is -2.81. The maximum Gasteiger partial charge on any atom is 0.264 e. The molecule has 1 aliphatic carbocycles. The SMILES string of the molecule is Cc1ccc(F)c(S(=O)(=O)Nc2cccc(-c3nnnn3C3CC3)c2)c1. The molecule has 0 spiro atoms. The van der Waals surface area contributed by atoms with Crippen LogP contribution in [0.2, 0.25) is 0 Å². The van der Waals surface area contributed by atoms with E-state index in [0.29, 0.717) is 28.7 Å². The third kappa shape index (κ3) is 3.17. The molecule has 3 aromatic rings. The van der Waals surface area contributed by atoms with E-state index >= 15 is 0 Å². The number of aryl methyl sites for hydroxylation is 1. The maximum atomic E-state index is 14.0. The van der Waals surface area contributed by atoms with E-state index in [4.69, 9.17) is 0 Å². The molecule has 0 saturated heterocycles. The summed E-state index contributed by atoms with van der Waals surface area (Å²) in [6, 6.07) is 11.0. The lowest BCUT2D eigenvalue weighted by molar-refractivity contribution is 0.570. The Kier molecular flexibility index (Phi) is 3.95. The minimum atomic E-state index is -4.05. The molecule has 1 N–H and O–H groups in total. The van der Waals surface area contributed by atoms with Gasteiger partial charge in [0.2, 0.25) is 0 Å². The van der Waals surface area contributed by atoms with Crippen LogP contribution < -0.4 is 4.72 Å². The van der Waals surface area contributed by atoms with Crippen molar-refractivity contribution in [2.45, 2.75) is 30.7 Å². The summed E-state index contributed by atoms with van der Waals surface area (Å²) in [5.41, 5.74) is 1.66. The Morgan fingerprint density at radius 1 is 1.19 bits per heavy atom. The molecule has 0 radical (unpaired) electrons. The van der Waals surface area contributed by atoms with Gasteiger partial charge in [0.05, 0.1) is 6.04 Å². The van der Waals surface area contributed by atoms with Gasteiger partial charge in [-0.2, -0.15) is 0 Å². The fourth-order valence-corrected chi connectivity index (χ4v) is 3.91. The summed E-state index contributed by atoms with van der Waals surface area (Å²) in [5.74, 6) is -0.216. The molecular weight excluding hydrogens is 357 g/mol. The van der Waals surface area contributed by atoms with Gasteiger partial charge in [0.15, 0.2) is 5.82 Å². The average Bonchev–Trinajstić information content (AvgIpc) is 3.33. The molecule has 1 fully saturated rings. The minimum absolute atomic E-state index is 0.293. The Morgan fingerprint density at radius 3 is 2.77 bits per heavy atom. The second kappa shape index (κ2) is 6.17. The van der Waals surface area contributed by atoms with Crippen LogP contribution in [-0.4, -0.2) is 28.6 Å². The zero-order valence-corrected chi connectivity index (χ0v) is 14.7. The van der Waals surface area contributed by atoms with Gasteiger partial charge in [0.1, 0.15) is 10.7 Å². The van der Waals surface area contributed by atoms with Gasteiger partial charge in [-0.3, -0.25) is 4.72 Å². The zero-order valence-electron chi connectivity index (χ0n) is 13.9. The quantitative estimate of drug-likeness (QED) is 0.743. The van der Waals surface area contributed by atoms with Gasteiger partial charge in [-0.1, -0.05) is 18.2 Å². The molecule has 2 aromatic carbocycles. The molecule has 1 aromatic heterocycles. The van der Waals surface area contributed by atoms with Crippen LogP contribution in [0, 0.1) is 12.7 Å². The van der Waals surface area contributed by atoms with E-state index in [1.165, 1.54) is 12.1 Å². The van der Waals surface area contributed by atoms with Gasteiger partial charge >= 0.3 is 0 Å². The maximum absolute atomic E-state index is 14.0. The predicted molar refractivity (Wildman–Crippen MR) is 93.5 cm³/mol. The highest BCUT2D eigenvalue weighted by Gasteiger charge is 2.28. The molecule has 0 amide bonds. The van der Waals surface area contributed by atoms with Crippen molar-refractivity contribution in [3.8, 4) is 11.4 Å². The lowest BCUT2D eigenvalue weighted by Crippen LogP contribution is -2.15. The molecule has 0 unspecified atom stereocenters. The lowest BCUT2D eigenvalue weighted by atomic mass is 10.2. The summed E-state index contributed by atoms with van der Waals surface area (Å²) in [5, 5.41) is 11.7. The first kappa shape index (κ1) is 16.6. The molecule has 7 nitrogen and oxygen atoms in total. The second-order valence-electron chi connectivity index (χ2n) is 6.30. The van der Waals surface area contributed by atoms with Crippen LogP contribution in [0.1, 0.15) is 24.4 Å². The van der Waals surface area contributed by atoms with E-state index in [1.807, 2.05) is 0 Å². The second-order valence-corrected chi connectivity index (χ2v) is 7.95. The molecule has 1 aliphatic rings. The van der Waals surface area contributed by atoms with Crippen molar-refractivity contribution in [3.05, 3.63) is 53.8 Å². The molecule has 4 rings (SSSR count). The number of rotatable bonds is 5. The topological polar surface area (TPSA) is 89.8 Å². The van der Waals surface area contributed by atoms with Crippen LogP contribution in [-0.2, 0) is 10.0 Å². The van der Waals surface area contributed by atoms with Crippen molar-refractivity contribution in [2.75, 3.05) is 4.72 Å². The molecule has 0 bridgehead atoms. The number of aromatic nitrogens is 4. The van der Waals surface area contributed by atoms with E-state index in [0.717, 1.165) is 18.9 Å². The monoisotopic (exact) mass is 373 g/mol. The van der Waals surface area contributed by atoms with E-state index in [2.05, 4.69) is 20.2 Å². The average molecular weight is 373 g/mol. The van der Waals surface area contributed by atoms with Crippen molar-refractivity contribution < 1.29 is 12.8 Å². The summed E-state index contributed by atoms with van der Waals surface area (Å²) >= 11 is 0. The largest absolute Gasteiger partial charge is 0.280 e. The van der Waals surface area contributed by atoms with E-state index in [1.54, 1.807) is 35.9 Å². The Labute approximate surface area is 149 Å². The van der Waals surface area contributed by atoms with Crippen LogP contribution in [0.3, 0.4) is 0 Å². The van der Waals surface area contributed by atoms with Gasteiger partial charge in [0, 0.05) is 11.3 Å². The number of halogens is 1. The Bertz CT molecular complexity index is 1080. The standard InChI is InChI=1S/C17H16FN5O2S/c1-11-5-8-15(18)16(9-11)26(24,25)20-13-4-2-3-12(10-13)17-19-21-22-23(17)14-6-7-14/h2-5,8-10,14,20H,6-7H2,1H3. The van der Waals surface area contributed by atoms with Crippen molar-refractivity contribution in [2.24, 2.45) is 0 Å². The Morgan fingerprint density at radius 2 is 2.00 bits per heavy atom. The highest BCUT2D eigenvalue weighted by Crippen LogP contribution is 2.37. The van der Waals surface area contributed by atoms with E-state index in [9.17, 15) is 12.8 Å². The zero-order chi connectivity index (χ0) is 18.3. The summed E-state index contributed by atoms with van der Waals surface area (Å²) in [4.78, 5) is -0.384. The highest BCUT2D eigenvalue weighted by molar-refractivity contribution is 7.92. The predicted octanol–water partition coefficient (Wildman–Crippen LogP) is 2.92. The third-order valence-electron chi connectivity index (χ3n) is 4.13. The smallest absolute Gasteiger partial charge is 0.264 e. The number of benzene rings is 2. The number of hydrogen-bond donors (Lipinski definition) is 1. The van der Waals surface area contributed by atoms with Crippen molar-refractivity contribution in [1.82, 2.24) is 20.2 Å². The fourth-order valence-electron chi connectivity index (χ4n) is 2.70. The first-order chi connectivity index (χ1) is 12.4. The molecule has 134 valence electrons. The van der Waals surface area contributed by atoms with Crippen molar-refractivity contribution in [1.29, 1.82) is 0 Å². The first-order valence-corrected chi connectivity index (χ1v) is 9.60. The number of nitrogens with zero attached hydrogens (tertiary/aromatic N) is 4. The molecule has 1 saturated carbocycles. The Balaban J connectivity index is 1.67. The summed E-state index contributed by atoms with van der Waals surface area (Å²) < 4.78 is 43.3. The molecule has 0 atom stereocenters.